The first-order valence-corrected chi connectivity index (χ1v) is 7.65. The minimum absolute atomic E-state index is 0.0436. The molecule has 0 saturated carbocycles. The first-order chi connectivity index (χ1) is 12.6. The molecule has 9 heteroatoms. The fraction of sp³-hybridized carbons (Fsp3) is 0.167. The second kappa shape index (κ2) is 6.02. The second-order valence-electron chi connectivity index (χ2n) is 6.08. The fourth-order valence-corrected chi connectivity index (χ4v) is 2.87. The number of carbonyl (C=O) groups excluding carboxylic acids is 2. The SMILES string of the molecule is CC1(c2ccc(O)cc2)NC(=O)N(c2ccc(C#N)c(C(F)(F)F)c2)C1=O. The van der Waals surface area contributed by atoms with Crippen molar-refractivity contribution in [3.05, 3.63) is 59.2 Å². The maximum Gasteiger partial charge on any atom is 0.417 e. The smallest absolute Gasteiger partial charge is 0.417 e. The quantitative estimate of drug-likeness (QED) is 0.788. The number of hydrogen-bond donors (Lipinski definition) is 2. The molecule has 3 rings (SSSR count). The summed E-state index contributed by atoms with van der Waals surface area (Å²) in [5.74, 6) is -0.825. The largest absolute Gasteiger partial charge is 0.508 e. The number of urea groups is 1. The van der Waals surface area contributed by atoms with Gasteiger partial charge < -0.3 is 10.4 Å². The Labute approximate surface area is 151 Å². The normalized spacial score (nSPS) is 19.7. The lowest BCUT2D eigenvalue weighted by molar-refractivity contribution is -0.137. The van der Waals surface area contributed by atoms with E-state index in [4.69, 9.17) is 5.26 Å². The van der Waals surface area contributed by atoms with Crippen LogP contribution in [0.4, 0.5) is 23.7 Å². The topological polar surface area (TPSA) is 93.4 Å². The summed E-state index contributed by atoms with van der Waals surface area (Å²) in [6.07, 6.45) is -4.82. The third-order valence-electron chi connectivity index (χ3n) is 4.32. The van der Waals surface area contributed by atoms with Crippen molar-refractivity contribution in [1.82, 2.24) is 5.32 Å². The number of imide groups is 1. The van der Waals surface area contributed by atoms with Crippen molar-refractivity contribution < 1.29 is 27.9 Å². The molecule has 2 aromatic carbocycles. The molecular weight excluding hydrogens is 363 g/mol. The van der Waals surface area contributed by atoms with Crippen molar-refractivity contribution in [1.29, 1.82) is 5.26 Å². The van der Waals surface area contributed by atoms with Crippen molar-refractivity contribution in [2.75, 3.05) is 4.90 Å². The molecule has 1 heterocycles. The number of nitrogens with one attached hydrogen (secondary N) is 1. The number of anilines is 1. The van der Waals surface area contributed by atoms with Gasteiger partial charge in [-0.2, -0.15) is 18.4 Å². The Bertz CT molecular complexity index is 980. The maximum absolute atomic E-state index is 13.2. The van der Waals surface area contributed by atoms with Gasteiger partial charge in [-0.1, -0.05) is 12.1 Å². The monoisotopic (exact) mass is 375 g/mol. The van der Waals surface area contributed by atoms with Crippen LogP contribution in [-0.2, 0) is 16.5 Å². The van der Waals surface area contributed by atoms with Crippen LogP contribution in [0, 0.1) is 11.3 Å². The van der Waals surface area contributed by atoms with E-state index in [0.717, 1.165) is 12.1 Å². The first kappa shape index (κ1) is 18.3. The highest BCUT2D eigenvalue weighted by Crippen LogP contribution is 2.37. The standard InChI is InChI=1S/C18H12F3N3O3/c1-17(11-3-6-13(25)7-4-11)15(26)24(16(27)23-17)12-5-2-10(9-22)14(8-12)18(19,20)21/h2-8,25H,1H3,(H,23,27). The summed E-state index contributed by atoms with van der Waals surface area (Å²) < 4.78 is 39.5. The zero-order valence-electron chi connectivity index (χ0n) is 13.8. The Morgan fingerprint density at radius 2 is 1.78 bits per heavy atom. The van der Waals surface area contributed by atoms with Gasteiger partial charge in [0.25, 0.3) is 5.91 Å². The van der Waals surface area contributed by atoms with E-state index in [-0.39, 0.29) is 11.4 Å². The van der Waals surface area contributed by atoms with Gasteiger partial charge in [-0.3, -0.25) is 4.79 Å². The lowest BCUT2D eigenvalue weighted by Crippen LogP contribution is -2.40. The predicted molar refractivity (Wildman–Crippen MR) is 87.6 cm³/mol. The number of amides is 3. The van der Waals surface area contributed by atoms with Crippen LogP contribution in [0.25, 0.3) is 0 Å². The van der Waals surface area contributed by atoms with Crippen molar-refractivity contribution in [3.8, 4) is 11.8 Å². The predicted octanol–water partition coefficient (Wildman–Crippen LogP) is 3.25. The molecule has 2 N–H and O–H groups in total. The molecule has 0 aromatic heterocycles. The number of halogens is 3. The molecule has 0 bridgehead atoms. The van der Waals surface area contributed by atoms with Gasteiger partial charge in [0, 0.05) is 0 Å². The van der Waals surface area contributed by atoms with E-state index in [1.807, 2.05) is 0 Å². The van der Waals surface area contributed by atoms with Crippen LogP contribution in [-0.4, -0.2) is 17.0 Å². The van der Waals surface area contributed by atoms with Crippen LogP contribution in [0.5, 0.6) is 5.75 Å². The van der Waals surface area contributed by atoms with Crippen LogP contribution in [0.1, 0.15) is 23.6 Å². The molecule has 3 amide bonds. The molecule has 27 heavy (non-hydrogen) atoms. The van der Waals surface area contributed by atoms with Crippen LogP contribution in [0.3, 0.4) is 0 Å². The third kappa shape index (κ3) is 2.95. The zero-order valence-corrected chi connectivity index (χ0v) is 13.8. The van der Waals surface area contributed by atoms with Crippen LogP contribution in [0.2, 0.25) is 0 Å². The summed E-state index contributed by atoms with van der Waals surface area (Å²) >= 11 is 0. The average molecular weight is 375 g/mol. The average Bonchev–Trinajstić information content (AvgIpc) is 2.84. The molecule has 1 atom stereocenters. The lowest BCUT2D eigenvalue weighted by Gasteiger charge is -2.22. The minimum atomic E-state index is -4.82. The summed E-state index contributed by atoms with van der Waals surface area (Å²) in [4.78, 5) is 25.8. The van der Waals surface area contributed by atoms with E-state index in [2.05, 4.69) is 5.32 Å². The number of hydrogen-bond acceptors (Lipinski definition) is 4. The first-order valence-electron chi connectivity index (χ1n) is 7.65. The molecular formula is C18H12F3N3O3. The summed E-state index contributed by atoms with van der Waals surface area (Å²) in [5.41, 5.74) is -3.31. The highest BCUT2D eigenvalue weighted by Gasteiger charge is 2.50. The number of nitriles is 1. The van der Waals surface area contributed by atoms with Crippen molar-refractivity contribution in [2.24, 2.45) is 0 Å². The summed E-state index contributed by atoms with van der Waals surface area (Å²) in [6, 6.07) is 8.67. The van der Waals surface area contributed by atoms with E-state index in [0.29, 0.717) is 16.5 Å². The molecule has 1 aliphatic heterocycles. The molecule has 1 saturated heterocycles. The van der Waals surface area contributed by atoms with E-state index >= 15 is 0 Å². The number of phenolic OH excluding ortho intramolecular Hbond substituents is 1. The Kier molecular flexibility index (Phi) is 4.07. The Balaban J connectivity index is 2.06. The number of aromatic hydroxyl groups is 1. The molecule has 138 valence electrons. The molecule has 0 spiro atoms. The third-order valence-corrected chi connectivity index (χ3v) is 4.32. The highest BCUT2D eigenvalue weighted by atomic mass is 19.4. The van der Waals surface area contributed by atoms with Crippen molar-refractivity contribution in [2.45, 2.75) is 18.6 Å². The van der Waals surface area contributed by atoms with Gasteiger partial charge in [0.2, 0.25) is 0 Å². The Hall–Kier alpha value is -3.54. The Morgan fingerprint density at radius 3 is 2.33 bits per heavy atom. The summed E-state index contributed by atoms with van der Waals surface area (Å²) in [5, 5.41) is 20.7. The molecule has 2 aromatic rings. The molecule has 0 radical (unpaired) electrons. The highest BCUT2D eigenvalue weighted by molar-refractivity contribution is 6.23. The van der Waals surface area contributed by atoms with E-state index in [1.165, 1.54) is 37.3 Å². The van der Waals surface area contributed by atoms with Gasteiger partial charge in [-0.05, 0) is 42.8 Å². The van der Waals surface area contributed by atoms with Crippen molar-refractivity contribution in [3.63, 3.8) is 0 Å². The van der Waals surface area contributed by atoms with E-state index in [1.54, 1.807) is 0 Å². The minimum Gasteiger partial charge on any atom is -0.508 e. The summed E-state index contributed by atoms with van der Waals surface area (Å²) in [6.45, 7) is 1.41. The summed E-state index contributed by atoms with van der Waals surface area (Å²) in [7, 11) is 0. The van der Waals surface area contributed by atoms with E-state index < -0.39 is 34.8 Å². The molecule has 6 nitrogen and oxygen atoms in total. The number of alkyl halides is 3. The van der Waals surface area contributed by atoms with Crippen LogP contribution >= 0.6 is 0 Å². The van der Waals surface area contributed by atoms with Gasteiger partial charge in [0.15, 0.2) is 0 Å². The number of benzene rings is 2. The van der Waals surface area contributed by atoms with E-state index in [9.17, 15) is 27.9 Å². The number of phenols is 1. The lowest BCUT2D eigenvalue weighted by atomic mass is 9.92. The van der Waals surface area contributed by atoms with Gasteiger partial charge in [-0.25, -0.2) is 9.69 Å². The van der Waals surface area contributed by atoms with Gasteiger partial charge in [0.1, 0.15) is 11.3 Å². The van der Waals surface area contributed by atoms with Crippen LogP contribution < -0.4 is 10.2 Å². The van der Waals surface area contributed by atoms with Gasteiger partial charge >= 0.3 is 12.2 Å². The molecule has 1 fully saturated rings. The molecule has 0 aliphatic carbocycles. The Morgan fingerprint density at radius 1 is 1.15 bits per heavy atom. The number of carbonyl (C=O) groups is 2. The molecule has 1 unspecified atom stereocenters. The maximum atomic E-state index is 13.2. The second-order valence-corrected chi connectivity index (χ2v) is 6.08. The van der Waals surface area contributed by atoms with Gasteiger partial charge in [-0.15, -0.1) is 0 Å². The fourth-order valence-electron chi connectivity index (χ4n) is 2.87. The molecule has 1 aliphatic rings. The van der Waals surface area contributed by atoms with Gasteiger partial charge in [0.05, 0.1) is 22.9 Å². The number of nitrogens with zero attached hydrogens (tertiary/aromatic N) is 2. The number of rotatable bonds is 2. The zero-order chi connectivity index (χ0) is 20.0. The van der Waals surface area contributed by atoms with Crippen molar-refractivity contribution >= 4 is 17.6 Å². The van der Waals surface area contributed by atoms with Crippen LogP contribution in [0.15, 0.2) is 42.5 Å².